The van der Waals surface area contributed by atoms with Gasteiger partial charge in [0.25, 0.3) is 5.91 Å². The largest absolute Gasteiger partial charge is 0.497 e. The molecular formula is C30H28N2O4S. The fourth-order valence-electron chi connectivity index (χ4n) is 3.66. The highest BCUT2D eigenvalue weighted by molar-refractivity contribution is 8.00. The molecule has 0 saturated carbocycles. The lowest BCUT2D eigenvalue weighted by Gasteiger charge is -2.18. The molecular weight excluding hydrogens is 484 g/mol. The second kappa shape index (κ2) is 12.6. The van der Waals surface area contributed by atoms with Gasteiger partial charge in [0, 0.05) is 21.8 Å². The summed E-state index contributed by atoms with van der Waals surface area (Å²) in [7, 11) is 1.56. The zero-order valence-corrected chi connectivity index (χ0v) is 21.5. The molecule has 4 rings (SSSR count). The predicted octanol–water partition coefficient (Wildman–Crippen LogP) is 6.82. The highest BCUT2D eigenvalue weighted by Crippen LogP contribution is 2.37. The summed E-state index contributed by atoms with van der Waals surface area (Å²) in [5.41, 5.74) is 2.70. The minimum absolute atomic E-state index is 0.147. The van der Waals surface area contributed by atoms with Crippen LogP contribution in [0.4, 0.5) is 11.4 Å². The molecule has 0 bridgehead atoms. The van der Waals surface area contributed by atoms with E-state index in [0.29, 0.717) is 29.3 Å². The molecule has 0 aliphatic rings. The van der Waals surface area contributed by atoms with Crippen LogP contribution in [0.5, 0.6) is 11.5 Å². The van der Waals surface area contributed by atoms with Crippen molar-refractivity contribution in [2.45, 2.75) is 17.1 Å². The molecule has 1 unspecified atom stereocenters. The maximum absolute atomic E-state index is 13.4. The van der Waals surface area contributed by atoms with E-state index in [0.717, 1.165) is 16.2 Å². The summed E-state index contributed by atoms with van der Waals surface area (Å²) >= 11 is 1.42. The van der Waals surface area contributed by atoms with Gasteiger partial charge in [0.2, 0.25) is 5.91 Å². The van der Waals surface area contributed by atoms with E-state index in [2.05, 4.69) is 10.6 Å². The first-order valence-corrected chi connectivity index (χ1v) is 12.7. The van der Waals surface area contributed by atoms with Crippen molar-refractivity contribution in [1.82, 2.24) is 0 Å². The number of amides is 2. The highest BCUT2D eigenvalue weighted by Gasteiger charge is 2.22. The number of rotatable bonds is 10. The van der Waals surface area contributed by atoms with Crippen molar-refractivity contribution in [3.8, 4) is 11.5 Å². The Morgan fingerprint density at radius 3 is 2.27 bits per heavy atom. The first kappa shape index (κ1) is 25.9. The Bertz CT molecular complexity index is 1340. The second-order valence-electron chi connectivity index (χ2n) is 8.07. The Morgan fingerprint density at radius 2 is 1.54 bits per heavy atom. The van der Waals surface area contributed by atoms with Crippen LogP contribution in [0.25, 0.3) is 0 Å². The molecule has 0 aliphatic carbocycles. The lowest BCUT2D eigenvalue weighted by Crippen LogP contribution is -2.19. The number of carbonyl (C=O) groups is 2. The molecule has 0 aromatic heterocycles. The molecule has 2 amide bonds. The van der Waals surface area contributed by atoms with Gasteiger partial charge in [0.05, 0.1) is 13.7 Å². The smallest absolute Gasteiger partial charge is 0.255 e. The average molecular weight is 513 g/mol. The van der Waals surface area contributed by atoms with Gasteiger partial charge in [-0.1, -0.05) is 42.5 Å². The van der Waals surface area contributed by atoms with E-state index < -0.39 is 5.25 Å². The minimum atomic E-state index is -0.503. The van der Waals surface area contributed by atoms with Crippen molar-refractivity contribution >= 4 is 35.0 Å². The van der Waals surface area contributed by atoms with Gasteiger partial charge < -0.3 is 20.1 Å². The van der Waals surface area contributed by atoms with E-state index in [1.807, 2.05) is 85.8 Å². The lowest BCUT2D eigenvalue weighted by atomic mass is 10.1. The molecule has 188 valence electrons. The molecule has 0 spiro atoms. The lowest BCUT2D eigenvalue weighted by molar-refractivity contribution is -0.115. The van der Waals surface area contributed by atoms with E-state index in [4.69, 9.17) is 9.47 Å². The molecule has 0 aliphatic heterocycles. The Morgan fingerprint density at radius 1 is 0.784 bits per heavy atom. The fourth-order valence-corrected chi connectivity index (χ4v) is 4.74. The van der Waals surface area contributed by atoms with Crippen molar-refractivity contribution in [1.29, 1.82) is 0 Å². The van der Waals surface area contributed by atoms with Crippen LogP contribution in [0.1, 0.15) is 28.1 Å². The number of ether oxygens (including phenoxy) is 2. The zero-order valence-electron chi connectivity index (χ0n) is 20.6. The number of hydrogen-bond donors (Lipinski definition) is 2. The fraction of sp³-hybridized carbons (Fsp3) is 0.133. The summed E-state index contributed by atoms with van der Waals surface area (Å²) < 4.78 is 10.7. The normalized spacial score (nSPS) is 11.3. The van der Waals surface area contributed by atoms with Gasteiger partial charge in [-0.05, 0) is 73.2 Å². The molecule has 0 fully saturated rings. The molecule has 6 nitrogen and oxygen atoms in total. The van der Waals surface area contributed by atoms with Crippen LogP contribution in [0.3, 0.4) is 0 Å². The predicted molar refractivity (Wildman–Crippen MR) is 149 cm³/mol. The molecule has 1 atom stereocenters. The molecule has 4 aromatic carbocycles. The Labute approximate surface area is 221 Å². The maximum Gasteiger partial charge on any atom is 0.255 e. The van der Waals surface area contributed by atoms with Crippen molar-refractivity contribution in [3.05, 3.63) is 114 Å². The van der Waals surface area contributed by atoms with Crippen molar-refractivity contribution in [2.24, 2.45) is 0 Å². The summed E-state index contributed by atoms with van der Waals surface area (Å²) in [6.07, 6.45) is 0. The summed E-state index contributed by atoms with van der Waals surface area (Å²) in [5, 5.41) is 5.44. The quantitative estimate of drug-likeness (QED) is 0.228. The van der Waals surface area contributed by atoms with Crippen LogP contribution >= 0.6 is 11.8 Å². The standard InChI is InChI=1S/C30H28N2O4S/c1-3-36-25-17-15-23(16-18-25)31-30(34)28(21-9-5-4-6-10-21)37-27-14-8-12-24(20-27)32-29(33)22-11-7-13-26(19-22)35-2/h4-20,28H,3H2,1-2H3,(H,31,34)(H,32,33). The van der Waals surface area contributed by atoms with Gasteiger partial charge >= 0.3 is 0 Å². The van der Waals surface area contributed by atoms with Gasteiger partial charge in [-0.3, -0.25) is 9.59 Å². The molecule has 0 heterocycles. The highest BCUT2D eigenvalue weighted by atomic mass is 32.2. The first-order valence-electron chi connectivity index (χ1n) is 11.9. The number of carbonyl (C=O) groups excluding carboxylic acids is 2. The summed E-state index contributed by atoms with van der Waals surface area (Å²) in [5.74, 6) is 0.976. The number of methoxy groups -OCH3 is 1. The molecule has 4 aromatic rings. The number of benzene rings is 4. The van der Waals surface area contributed by atoms with Crippen molar-refractivity contribution in [3.63, 3.8) is 0 Å². The van der Waals surface area contributed by atoms with E-state index >= 15 is 0 Å². The minimum Gasteiger partial charge on any atom is -0.497 e. The summed E-state index contributed by atoms with van der Waals surface area (Å²) in [6.45, 7) is 2.51. The Hall–Kier alpha value is -4.23. The summed E-state index contributed by atoms with van der Waals surface area (Å²) in [4.78, 5) is 27.0. The SMILES string of the molecule is CCOc1ccc(NC(=O)C(Sc2cccc(NC(=O)c3cccc(OC)c3)c2)c2ccccc2)cc1. The molecule has 7 heteroatoms. The molecule has 37 heavy (non-hydrogen) atoms. The van der Waals surface area contributed by atoms with Crippen molar-refractivity contribution < 1.29 is 19.1 Å². The monoisotopic (exact) mass is 512 g/mol. The number of nitrogens with one attached hydrogen (secondary N) is 2. The maximum atomic E-state index is 13.4. The van der Waals surface area contributed by atoms with Crippen molar-refractivity contribution in [2.75, 3.05) is 24.4 Å². The number of anilines is 2. The van der Waals surface area contributed by atoms with Crippen LogP contribution in [0.2, 0.25) is 0 Å². The van der Waals surface area contributed by atoms with E-state index in [1.165, 1.54) is 11.8 Å². The third-order valence-electron chi connectivity index (χ3n) is 5.45. The van der Waals surface area contributed by atoms with Gasteiger partial charge in [0.15, 0.2) is 0 Å². The molecule has 2 N–H and O–H groups in total. The van der Waals surface area contributed by atoms with Crippen LogP contribution in [-0.4, -0.2) is 25.5 Å². The van der Waals surface area contributed by atoms with Gasteiger partial charge in [0.1, 0.15) is 16.7 Å². The van der Waals surface area contributed by atoms with Crippen LogP contribution < -0.4 is 20.1 Å². The van der Waals surface area contributed by atoms with Crippen LogP contribution in [0.15, 0.2) is 108 Å². The topological polar surface area (TPSA) is 76.7 Å². The average Bonchev–Trinajstić information content (AvgIpc) is 2.93. The third kappa shape index (κ3) is 7.15. The first-order chi connectivity index (χ1) is 18.1. The van der Waals surface area contributed by atoms with Gasteiger partial charge in [-0.25, -0.2) is 0 Å². The molecule has 0 radical (unpaired) electrons. The number of hydrogen-bond acceptors (Lipinski definition) is 5. The third-order valence-corrected chi connectivity index (χ3v) is 6.70. The van der Waals surface area contributed by atoms with Gasteiger partial charge in [-0.2, -0.15) is 0 Å². The summed E-state index contributed by atoms with van der Waals surface area (Å²) in [6, 6.07) is 31.4. The van der Waals surface area contributed by atoms with Crippen LogP contribution in [-0.2, 0) is 4.79 Å². The van der Waals surface area contributed by atoms with Gasteiger partial charge in [-0.15, -0.1) is 11.8 Å². The zero-order chi connectivity index (χ0) is 26.0. The second-order valence-corrected chi connectivity index (χ2v) is 9.25. The molecule has 0 saturated heterocycles. The van der Waals surface area contributed by atoms with E-state index in [-0.39, 0.29) is 11.8 Å². The van der Waals surface area contributed by atoms with Crippen LogP contribution in [0, 0.1) is 0 Å². The Balaban J connectivity index is 1.51. The van der Waals surface area contributed by atoms with E-state index in [1.54, 1.807) is 31.4 Å². The Kier molecular flexibility index (Phi) is 8.84. The number of thioether (sulfide) groups is 1. The van der Waals surface area contributed by atoms with E-state index in [9.17, 15) is 9.59 Å².